The summed E-state index contributed by atoms with van der Waals surface area (Å²) in [7, 11) is 4.60. The number of aromatic nitrogens is 5. The molecule has 4 aromatic heterocycles. The summed E-state index contributed by atoms with van der Waals surface area (Å²) >= 11 is 9.57. The summed E-state index contributed by atoms with van der Waals surface area (Å²) in [5, 5.41) is 13.3. The fraction of sp³-hybridized carbons (Fsp3) is 0.531. The average Bonchev–Trinajstić information content (AvgIpc) is 4.05. The van der Waals surface area contributed by atoms with Crippen molar-refractivity contribution >= 4 is 91.8 Å². The van der Waals surface area contributed by atoms with E-state index in [4.69, 9.17) is 30.5 Å². The summed E-state index contributed by atoms with van der Waals surface area (Å²) in [6.45, 7) is 8.91. The number of fused-ring (bicyclic) bond motifs is 1. The number of anilines is 4. The highest BCUT2D eigenvalue weighted by Crippen LogP contribution is 2.35. The molecule has 382 valence electrons. The van der Waals surface area contributed by atoms with Crippen molar-refractivity contribution in [2.24, 2.45) is 18.9 Å². The summed E-state index contributed by atoms with van der Waals surface area (Å²) in [6.07, 6.45) is 12.7. The fourth-order valence-corrected chi connectivity index (χ4v) is 10.3. The molecule has 0 radical (unpaired) electrons. The van der Waals surface area contributed by atoms with Crippen molar-refractivity contribution in [3.8, 4) is 11.5 Å². The lowest BCUT2D eigenvalue weighted by Gasteiger charge is -2.31. The molecule has 19 nitrogen and oxygen atoms in total. The van der Waals surface area contributed by atoms with Crippen molar-refractivity contribution in [1.29, 1.82) is 0 Å². The molecule has 0 saturated carbocycles. The zero-order chi connectivity index (χ0) is 50.7. The van der Waals surface area contributed by atoms with Crippen LogP contribution in [0.4, 0.5) is 22.6 Å². The van der Waals surface area contributed by atoms with Crippen LogP contribution in [0.3, 0.4) is 0 Å². The Balaban J connectivity index is 0.756. The minimum atomic E-state index is -0.414. The van der Waals surface area contributed by atoms with Gasteiger partial charge in [-0.15, -0.1) is 11.8 Å². The molecule has 4 N–H and O–H groups in total. The van der Waals surface area contributed by atoms with Gasteiger partial charge in [-0.05, 0) is 50.7 Å². The van der Waals surface area contributed by atoms with E-state index in [0.717, 1.165) is 42.1 Å². The Morgan fingerprint density at radius 3 is 2.34 bits per heavy atom. The number of amides is 4. The van der Waals surface area contributed by atoms with E-state index in [2.05, 4.69) is 57.0 Å². The number of methoxy groups -OCH3 is 1. The number of aryl methyl sites for hydroxylation is 1. The highest BCUT2D eigenvalue weighted by Gasteiger charge is 2.29. The van der Waals surface area contributed by atoms with E-state index < -0.39 is 5.56 Å². The van der Waals surface area contributed by atoms with E-state index in [9.17, 15) is 24.0 Å². The Bertz CT molecular complexity index is 2720. The van der Waals surface area contributed by atoms with E-state index in [-0.39, 0.29) is 53.2 Å². The predicted molar refractivity (Wildman–Crippen MR) is 276 cm³/mol. The van der Waals surface area contributed by atoms with Gasteiger partial charge in [0.25, 0.3) is 11.5 Å². The predicted octanol–water partition coefficient (Wildman–Crippen LogP) is 7.44. The molecule has 6 heterocycles. The van der Waals surface area contributed by atoms with Crippen molar-refractivity contribution < 1.29 is 33.1 Å². The van der Waals surface area contributed by atoms with Crippen LogP contribution in [0.15, 0.2) is 50.2 Å². The first-order valence-corrected chi connectivity index (χ1v) is 26.3. The van der Waals surface area contributed by atoms with Gasteiger partial charge in [-0.3, -0.25) is 24.0 Å². The number of nitrogens with one attached hydrogen (secondary N) is 4. The quantitative estimate of drug-likeness (QED) is 0.0414. The van der Waals surface area contributed by atoms with E-state index in [1.54, 1.807) is 49.4 Å². The molecule has 5 aromatic rings. The molecule has 2 aliphatic rings. The van der Waals surface area contributed by atoms with Gasteiger partial charge in [0.1, 0.15) is 16.5 Å². The number of hydrogen-bond donors (Lipinski definition) is 4. The Morgan fingerprint density at radius 1 is 0.901 bits per heavy atom. The normalized spacial score (nSPS) is 14.6. The molecule has 71 heavy (non-hydrogen) atoms. The van der Waals surface area contributed by atoms with Crippen molar-refractivity contribution in [3.63, 3.8) is 0 Å². The first-order chi connectivity index (χ1) is 34.1. The van der Waals surface area contributed by atoms with Crippen LogP contribution in [0.1, 0.15) is 96.6 Å². The number of hydrogen-bond acceptors (Lipinski definition) is 16. The lowest BCUT2D eigenvalue weighted by molar-refractivity contribution is -0.134. The molecule has 0 unspecified atom stereocenters. The molecule has 0 bridgehead atoms. The smallest absolute Gasteiger partial charge is 0.293 e. The molecular weight excluding hydrogens is 970 g/mol. The number of oxazole rings is 1. The number of likely N-dealkylation sites (tertiary alicyclic amines) is 1. The lowest BCUT2D eigenvalue weighted by Crippen LogP contribution is -2.41. The first-order valence-electron chi connectivity index (χ1n) is 24.1. The number of thiazole rings is 1. The second-order valence-electron chi connectivity index (χ2n) is 18.8. The number of nitrogens with zero attached hydrogens (tertiary/aromatic N) is 7. The number of thioether (sulfide) groups is 1. The molecule has 4 amide bonds. The highest BCUT2D eigenvalue weighted by molar-refractivity contribution is 8.00. The van der Waals surface area contributed by atoms with Crippen LogP contribution in [0.5, 0.6) is 11.5 Å². The monoisotopic (exact) mass is 1030 g/mol. The maximum absolute atomic E-state index is 13.1. The third-order valence-electron chi connectivity index (χ3n) is 12.7. The highest BCUT2D eigenvalue weighted by atomic mass is 35.5. The van der Waals surface area contributed by atoms with Crippen LogP contribution in [0, 0.1) is 11.8 Å². The summed E-state index contributed by atoms with van der Waals surface area (Å²) in [6, 6.07) is 5.11. The lowest BCUT2D eigenvalue weighted by atomic mass is 9.94. The van der Waals surface area contributed by atoms with Gasteiger partial charge in [-0.1, -0.05) is 63.0 Å². The number of piperidine rings is 2. The summed E-state index contributed by atoms with van der Waals surface area (Å²) in [5.41, 5.74) is 0.615. The third kappa shape index (κ3) is 14.2. The van der Waals surface area contributed by atoms with Crippen LogP contribution >= 0.6 is 34.7 Å². The second-order valence-corrected chi connectivity index (χ2v) is 21.5. The van der Waals surface area contributed by atoms with Gasteiger partial charge < -0.3 is 49.5 Å². The largest absolute Gasteiger partial charge is 0.494 e. The average molecular weight is 1030 g/mol. The molecule has 0 spiro atoms. The molecule has 7 rings (SSSR count). The van der Waals surface area contributed by atoms with E-state index >= 15 is 0 Å². The van der Waals surface area contributed by atoms with Crippen molar-refractivity contribution in [1.82, 2.24) is 40.0 Å². The number of halogens is 1. The topological polar surface area (TPSA) is 228 Å². The minimum absolute atomic E-state index is 0.0167. The van der Waals surface area contributed by atoms with Crippen LogP contribution in [0.25, 0.3) is 10.9 Å². The first kappa shape index (κ1) is 52.9. The van der Waals surface area contributed by atoms with Crippen LogP contribution in [-0.2, 0) is 37.4 Å². The van der Waals surface area contributed by atoms with Crippen LogP contribution in [0.2, 0.25) is 5.02 Å². The molecule has 0 atom stereocenters. The zero-order valence-corrected chi connectivity index (χ0v) is 43.6. The van der Waals surface area contributed by atoms with E-state index in [1.807, 2.05) is 9.80 Å². The van der Waals surface area contributed by atoms with Crippen molar-refractivity contribution in [2.45, 2.75) is 100 Å². The molecule has 22 heteroatoms. The standard InChI is InChI=1S/C49H64ClN11O8S2/c1-49(2,3)37-26-53-39(69-37)29-70-41-27-55-48(71-41)58-45(65)31-13-18-60(19-14-31)40(63)12-10-8-7-9-11-17-52-44(64)30-15-20-61(21-16-30)47-54-25-34(50)43(57-47)56-33-22-32-23-36(68-28-38(62)51-4)46(66)59(5)42(32)35(24-33)67-6/h22-27,30-31H,7-21,28-29H2,1-6H3,(H,51,62)(H,52,64)(H,54,56,57)(H,55,58,65). The maximum atomic E-state index is 13.1. The summed E-state index contributed by atoms with van der Waals surface area (Å²) in [4.78, 5) is 85.8. The SMILES string of the molecule is CNC(=O)COc1cc2cc(Nc3nc(N4CCC(C(=O)NCCCCCCCC(=O)N5CCC(C(=O)Nc6ncc(SCc7ncc(C(C)(C)C)o7)s6)CC5)CC4)ncc3Cl)cc(OC)c2n(C)c1=O. The Labute approximate surface area is 426 Å². The van der Waals surface area contributed by atoms with Crippen LogP contribution < -0.4 is 41.2 Å². The summed E-state index contributed by atoms with van der Waals surface area (Å²) in [5.74, 6) is 2.91. The molecule has 0 aliphatic carbocycles. The number of unbranched alkanes of at least 4 members (excludes halogenated alkanes) is 4. The van der Waals surface area contributed by atoms with Gasteiger partial charge in [-0.25, -0.2) is 15.0 Å². The maximum Gasteiger partial charge on any atom is 0.293 e. The Morgan fingerprint density at radius 2 is 1.62 bits per heavy atom. The minimum Gasteiger partial charge on any atom is -0.494 e. The summed E-state index contributed by atoms with van der Waals surface area (Å²) < 4.78 is 19.4. The van der Waals surface area contributed by atoms with Crippen molar-refractivity contribution in [3.05, 3.63) is 63.8 Å². The molecule has 2 fully saturated rings. The number of carbonyl (C=O) groups is 4. The number of rotatable bonds is 21. The molecule has 2 aliphatic heterocycles. The number of carbonyl (C=O) groups excluding carboxylic acids is 4. The second kappa shape index (κ2) is 24.5. The van der Waals surface area contributed by atoms with Crippen LogP contribution in [-0.4, -0.2) is 107 Å². The number of benzene rings is 1. The van der Waals surface area contributed by atoms with E-state index in [1.165, 1.54) is 36.3 Å². The van der Waals surface area contributed by atoms with Gasteiger partial charge in [0, 0.05) is 87.6 Å². The van der Waals surface area contributed by atoms with Gasteiger partial charge in [-0.2, -0.15) is 4.98 Å². The zero-order valence-electron chi connectivity index (χ0n) is 41.2. The number of ether oxygens (including phenoxy) is 2. The van der Waals surface area contributed by atoms with Gasteiger partial charge in [0.15, 0.2) is 23.3 Å². The van der Waals surface area contributed by atoms with Crippen molar-refractivity contribution in [2.75, 3.05) is 69.0 Å². The fourth-order valence-electron chi connectivity index (χ4n) is 8.48. The Kier molecular flexibility index (Phi) is 18.2. The molecule has 1 aromatic carbocycles. The van der Waals surface area contributed by atoms with Gasteiger partial charge in [0.2, 0.25) is 29.6 Å². The van der Waals surface area contributed by atoms with Gasteiger partial charge >= 0.3 is 0 Å². The number of pyridine rings is 1. The molecule has 2 saturated heterocycles. The Hall–Kier alpha value is -5.93. The van der Waals surface area contributed by atoms with Gasteiger partial charge in [0.05, 0.1) is 41.2 Å². The number of likely N-dealkylation sites (N-methyl/N-ethyl adjacent to an activating group) is 1. The van der Waals surface area contributed by atoms with E-state index in [0.29, 0.717) is 121 Å². The third-order valence-corrected chi connectivity index (χ3v) is 15.0. The molecular formula is C49H64ClN11O8S2.